The summed E-state index contributed by atoms with van der Waals surface area (Å²) in [5, 5.41) is 0.0762. The Morgan fingerprint density at radius 2 is 1.63 bits per heavy atom. The molecule has 0 heterocycles. The van der Waals surface area contributed by atoms with Crippen LogP contribution in [0.4, 0.5) is 4.79 Å². The average Bonchev–Trinajstić information content (AvgIpc) is 2.40. The Labute approximate surface area is 167 Å². The number of amides is 1. The number of nitrogens with zero attached hydrogens (tertiary/aromatic N) is 1. The lowest BCUT2D eigenvalue weighted by Gasteiger charge is -2.38. The molecule has 9 heteroatoms. The standard InChI is InChI=1S/C18H39NO6SSi/c1-15(14-24-27(9,10)18(5,6)7)19(16(20)25-17(2,3)4)12-11-13-23-26(8,21)22/h15H,11-14H2,1-10H3. The van der Waals surface area contributed by atoms with Crippen LogP contribution in [0.15, 0.2) is 0 Å². The molecule has 0 aliphatic heterocycles. The Kier molecular flexibility index (Phi) is 9.48. The predicted octanol–water partition coefficient (Wildman–Crippen LogP) is 4.00. The molecular formula is C18H39NO6SSi. The molecule has 1 atom stereocenters. The Hall–Kier alpha value is -0.643. The Balaban J connectivity index is 5.02. The minimum absolute atomic E-state index is 0.0218. The van der Waals surface area contributed by atoms with Gasteiger partial charge in [-0.1, -0.05) is 20.8 Å². The first-order valence-corrected chi connectivity index (χ1v) is 14.1. The highest BCUT2D eigenvalue weighted by Crippen LogP contribution is 2.36. The number of carbonyl (C=O) groups is 1. The lowest BCUT2D eigenvalue weighted by Crippen LogP contribution is -2.48. The topological polar surface area (TPSA) is 82.1 Å². The molecular weight excluding hydrogens is 386 g/mol. The molecule has 0 saturated carbocycles. The van der Waals surface area contributed by atoms with Crippen LogP contribution < -0.4 is 0 Å². The predicted molar refractivity (Wildman–Crippen MR) is 111 cm³/mol. The van der Waals surface area contributed by atoms with Crippen molar-refractivity contribution in [3.63, 3.8) is 0 Å². The monoisotopic (exact) mass is 425 g/mol. The number of hydrogen-bond acceptors (Lipinski definition) is 6. The summed E-state index contributed by atoms with van der Waals surface area (Å²) in [6.45, 7) is 18.9. The molecule has 0 fully saturated rings. The van der Waals surface area contributed by atoms with Crippen LogP contribution in [0.1, 0.15) is 54.9 Å². The van der Waals surface area contributed by atoms with Crippen LogP contribution in [0.2, 0.25) is 18.1 Å². The largest absolute Gasteiger partial charge is 0.444 e. The van der Waals surface area contributed by atoms with Gasteiger partial charge in [0.15, 0.2) is 8.32 Å². The zero-order valence-corrected chi connectivity index (χ0v) is 20.5. The quantitative estimate of drug-likeness (QED) is 0.315. The maximum atomic E-state index is 12.6. The molecule has 1 amide bonds. The molecule has 1 unspecified atom stereocenters. The zero-order chi connectivity index (χ0) is 21.7. The summed E-state index contributed by atoms with van der Waals surface area (Å²) in [6, 6.07) is -0.202. The van der Waals surface area contributed by atoms with Gasteiger partial charge in [0, 0.05) is 6.54 Å². The number of ether oxygens (including phenoxy) is 1. The second-order valence-corrected chi connectivity index (χ2v) is 15.9. The number of carbonyl (C=O) groups excluding carboxylic acids is 1. The molecule has 0 bridgehead atoms. The molecule has 27 heavy (non-hydrogen) atoms. The summed E-state index contributed by atoms with van der Waals surface area (Å²) in [7, 11) is -5.43. The number of rotatable bonds is 9. The van der Waals surface area contributed by atoms with E-state index in [1.54, 1.807) is 4.90 Å². The van der Waals surface area contributed by atoms with Crippen LogP contribution in [0.3, 0.4) is 0 Å². The fourth-order valence-corrected chi connectivity index (χ4v) is 3.40. The molecule has 0 radical (unpaired) electrons. The SMILES string of the molecule is CC(CO[Si](C)(C)C(C)(C)C)N(CCCOS(C)(=O)=O)C(=O)OC(C)(C)C. The smallest absolute Gasteiger partial charge is 0.410 e. The van der Waals surface area contributed by atoms with Gasteiger partial charge >= 0.3 is 6.09 Å². The van der Waals surface area contributed by atoms with Gasteiger partial charge in [0.05, 0.1) is 25.5 Å². The maximum Gasteiger partial charge on any atom is 0.410 e. The summed E-state index contributed by atoms with van der Waals surface area (Å²) < 4.78 is 38.7. The van der Waals surface area contributed by atoms with Crippen molar-refractivity contribution in [2.45, 2.75) is 84.7 Å². The molecule has 0 N–H and O–H groups in total. The Bertz CT molecular complexity index is 578. The van der Waals surface area contributed by atoms with E-state index in [0.29, 0.717) is 19.6 Å². The van der Waals surface area contributed by atoms with Crippen LogP contribution >= 0.6 is 0 Å². The minimum Gasteiger partial charge on any atom is -0.444 e. The van der Waals surface area contributed by atoms with Gasteiger partial charge in [0.1, 0.15) is 5.60 Å². The van der Waals surface area contributed by atoms with Crippen molar-refractivity contribution in [2.24, 2.45) is 0 Å². The van der Waals surface area contributed by atoms with Crippen LogP contribution in [0, 0.1) is 0 Å². The van der Waals surface area contributed by atoms with Gasteiger partial charge in [-0.2, -0.15) is 8.42 Å². The van der Waals surface area contributed by atoms with Gasteiger partial charge in [-0.3, -0.25) is 4.18 Å². The maximum absolute atomic E-state index is 12.6. The van der Waals surface area contributed by atoms with Crippen molar-refractivity contribution in [1.29, 1.82) is 0 Å². The van der Waals surface area contributed by atoms with Gasteiger partial charge in [-0.15, -0.1) is 0 Å². The summed E-state index contributed by atoms with van der Waals surface area (Å²) >= 11 is 0. The lowest BCUT2D eigenvalue weighted by molar-refractivity contribution is 0.0114. The molecule has 0 saturated heterocycles. The first-order chi connectivity index (χ1) is 11.9. The summed E-state index contributed by atoms with van der Waals surface area (Å²) in [6.07, 6.45) is 0.957. The zero-order valence-electron chi connectivity index (χ0n) is 18.7. The molecule has 0 aliphatic carbocycles. The van der Waals surface area contributed by atoms with E-state index in [-0.39, 0.29) is 17.7 Å². The van der Waals surface area contributed by atoms with Crippen molar-refractivity contribution < 1.29 is 26.6 Å². The van der Waals surface area contributed by atoms with E-state index < -0.39 is 30.1 Å². The normalized spacial score (nSPS) is 14.7. The average molecular weight is 426 g/mol. The second kappa shape index (κ2) is 9.71. The fraction of sp³-hybridized carbons (Fsp3) is 0.944. The fourth-order valence-electron chi connectivity index (χ4n) is 1.89. The molecule has 0 aromatic rings. The highest BCUT2D eigenvalue weighted by Gasteiger charge is 2.38. The minimum atomic E-state index is -3.49. The van der Waals surface area contributed by atoms with Crippen molar-refractivity contribution in [3.8, 4) is 0 Å². The molecule has 0 spiro atoms. The van der Waals surface area contributed by atoms with Crippen molar-refractivity contribution in [2.75, 3.05) is 26.0 Å². The Morgan fingerprint density at radius 1 is 1.11 bits per heavy atom. The summed E-state index contributed by atoms with van der Waals surface area (Å²) in [4.78, 5) is 14.2. The molecule has 0 rings (SSSR count). The van der Waals surface area contributed by atoms with Crippen LogP contribution in [0.25, 0.3) is 0 Å². The molecule has 0 aromatic carbocycles. The van der Waals surface area contributed by atoms with Gasteiger partial charge in [-0.05, 0) is 52.2 Å². The van der Waals surface area contributed by atoms with E-state index in [1.807, 2.05) is 27.7 Å². The lowest BCUT2D eigenvalue weighted by atomic mass is 10.2. The van der Waals surface area contributed by atoms with Gasteiger partial charge in [0.25, 0.3) is 10.1 Å². The van der Waals surface area contributed by atoms with Crippen molar-refractivity contribution >= 4 is 24.5 Å². The first-order valence-electron chi connectivity index (χ1n) is 9.34. The third-order valence-corrected chi connectivity index (χ3v) is 9.59. The third kappa shape index (κ3) is 11.1. The van der Waals surface area contributed by atoms with Crippen LogP contribution in [-0.2, 0) is 23.5 Å². The molecule has 0 aromatic heterocycles. The van der Waals surface area contributed by atoms with E-state index in [9.17, 15) is 13.2 Å². The van der Waals surface area contributed by atoms with E-state index in [1.165, 1.54) is 0 Å². The Morgan fingerprint density at radius 3 is 2.04 bits per heavy atom. The first kappa shape index (κ1) is 26.4. The van der Waals surface area contributed by atoms with E-state index in [4.69, 9.17) is 13.3 Å². The molecule has 7 nitrogen and oxygen atoms in total. The molecule has 0 aliphatic rings. The highest BCUT2D eigenvalue weighted by molar-refractivity contribution is 7.85. The summed E-state index contributed by atoms with van der Waals surface area (Å²) in [5.41, 5.74) is -0.613. The van der Waals surface area contributed by atoms with Crippen molar-refractivity contribution in [1.82, 2.24) is 4.90 Å². The summed E-state index contributed by atoms with van der Waals surface area (Å²) in [5.74, 6) is 0. The van der Waals surface area contributed by atoms with Gasteiger partial charge in [-0.25, -0.2) is 4.79 Å². The van der Waals surface area contributed by atoms with E-state index in [0.717, 1.165) is 6.26 Å². The second-order valence-electron chi connectivity index (χ2n) is 9.47. The van der Waals surface area contributed by atoms with Crippen LogP contribution in [0.5, 0.6) is 0 Å². The number of hydrogen-bond donors (Lipinski definition) is 0. The third-order valence-electron chi connectivity index (χ3n) is 4.49. The highest BCUT2D eigenvalue weighted by atomic mass is 32.2. The van der Waals surface area contributed by atoms with E-state index in [2.05, 4.69) is 33.9 Å². The van der Waals surface area contributed by atoms with Crippen molar-refractivity contribution in [3.05, 3.63) is 0 Å². The van der Waals surface area contributed by atoms with Gasteiger partial charge < -0.3 is 14.1 Å². The molecule has 162 valence electrons. The van der Waals surface area contributed by atoms with Gasteiger partial charge in [0.2, 0.25) is 0 Å². The van der Waals surface area contributed by atoms with Crippen LogP contribution in [-0.4, -0.2) is 65.4 Å². The van der Waals surface area contributed by atoms with E-state index >= 15 is 0 Å².